The summed E-state index contributed by atoms with van der Waals surface area (Å²) in [7, 11) is 0. The molecule has 2 aromatic carbocycles. The van der Waals surface area contributed by atoms with Crippen molar-refractivity contribution in [3.8, 4) is 5.69 Å². The quantitative estimate of drug-likeness (QED) is 0.644. The van der Waals surface area contributed by atoms with Crippen molar-refractivity contribution < 1.29 is 4.79 Å². The molecule has 0 radical (unpaired) electrons. The van der Waals surface area contributed by atoms with Crippen molar-refractivity contribution in [3.05, 3.63) is 63.1 Å². The highest BCUT2D eigenvalue weighted by molar-refractivity contribution is 6.39. The molecule has 3 aromatic rings. The molecule has 0 saturated carbocycles. The van der Waals surface area contributed by atoms with Crippen molar-refractivity contribution in [2.24, 2.45) is 0 Å². The number of halogens is 3. The van der Waals surface area contributed by atoms with Gasteiger partial charge in [-0.15, -0.1) is 5.10 Å². The molecule has 0 atom stereocenters. The summed E-state index contributed by atoms with van der Waals surface area (Å²) in [6.45, 7) is 1.75. The molecule has 1 heterocycles. The van der Waals surface area contributed by atoms with E-state index in [2.05, 4.69) is 15.4 Å². The minimum atomic E-state index is -0.493. The van der Waals surface area contributed by atoms with Crippen LogP contribution >= 0.6 is 34.8 Å². The van der Waals surface area contributed by atoms with Gasteiger partial charge in [-0.3, -0.25) is 4.79 Å². The van der Waals surface area contributed by atoms with Crippen molar-refractivity contribution in [2.45, 2.75) is 6.92 Å². The fraction of sp³-hybridized carbons (Fsp3) is 0.0625. The Morgan fingerprint density at radius 3 is 2.32 bits per heavy atom. The highest BCUT2D eigenvalue weighted by atomic mass is 35.5. The van der Waals surface area contributed by atoms with E-state index in [0.29, 0.717) is 16.5 Å². The Labute approximate surface area is 158 Å². The fourth-order valence-electron chi connectivity index (χ4n) is 2.16. The van der Waals surface area contributed by atoms with Crippen LogP contribution in [-0.4, -0.2) is 20.7 Å². The van der Waals surface area contributed by atoms with Gasteiger partial charge in [-0.1, -0.05) is 34.8 Å². The molecule has 128 valence electrons. The van der Waals surface area contributed by atoms with Crippen LogP contribution in [0.25, 0.3) is 5.69 Å². The minimum Gasteiger partial charge on any atom is -0.396 e. The molecule has 0 unspecified atom stereocenters. The fourth-order valence-corrected chi connectivity index (χ4v) is 2.77. The monoisotopic (exact) mass is 395 g/mol. The van der Waals surface area contributed by atoms with E-state index in [1.54, 1.807) is 35.9 Å². The van der Waals surface area contributed by atoms with Gasteiger partial charge in [0.1, 0.15) is 5.82 Å². The SMILES string of the molecule is Cc1nc(C(=O)Nc2cc(Cl)c(N)c(Cl)c2)nn1-c1ccc(Cl)cc1. The zero-order valence-corrected chi connectivity index (χ0v) is 15.2. The number of aryl methyl sites for hydroxylation is 1. The lowest BCUT2D eigenvalue weighted by Crippen LogP contribution is -2.14. The normalized spacial score (nSPS) is 10.7. The van der Waals surface area contributed by atoms with Gasteiger partial charge in [-0.25, -0.2) is 9.67 Å². The van der Waals surface area contributed by atoms with Gasteiger partial charge in [-0.05, 0) is 43.3 Å². The Balaban J connectivity index is 1.86. The van der Waals surface area contributed by atoms with Crippen LogP contribution in [0.1, 0.15) is 16.4 Å². The number of carbonyl (C=O) groups is 1. The molecule has 9 heteroatoms. The summed E-state index contributed by atoms with van der Waals surface area (Å²) in [6.07, 6.45) is 0. The summed E-state index contributed by atoms with van der Waals surface area (Å²) in [5, 5.41) is 7.98. The molecule has 3 N–H and O–H groups in total. The lowest BCUT2D eigenvalue weighted by atomic mass is 10.3. The van der Waals surface area contributed by atoms with Gasteiger partial charge in [0.2, 0.25) is 5.82 Å². The van der Waals surface area contributed by atoms with Crippen molar-refractivity contribution in [1.29, 1.82) is 0 Å². The molecule has 0 bridgehead atoms. The Morgan fingerprint density at radius 1 is 1.12 bits per heavy atom. The van der Waals surface area contributed by atoms with Crippen LogP contribution in [0, 0.1) is 6.92 Å². The van der Waals surface area contributed by atoms with E-state index in [9.17, 15) is 4.79 Å². The third kappa shape index (κ3) is 3.71. The first-order chi connectivity index (χ1) is 11.8. The summed E-state index contributed by atoms with van der Waals surface area (Å²) >= 11 is 17.8. The molecule has 1 amide bonds. The van der Waals surface area contributed by atoms with Gasteiger partial charge in [0, 0.05) is 10.7 Å². The minimum absolute atomic E-state index is 0.0107. The Hall–Kier alpha value is -2.28. The van der Waals surface area contributed by atoms with E-state index in [1.807, 2.05) is 0 Å². The highest BCUT2D eigenvalue weighted by Gasteiger charge is 2.16. The van der Waals surface area contributed by atoms with Crippen LogP contribution in [0.2, 0.25) is 15.1 Å². The first kappa shape index (κ1) is 17.5. The number of hydrogen-bond donors (Lipinski definition) is 2. The Kier molecular flexibility index (Phi) is 4.85. The molecule has 1 aromatic heterocycles. The lowest BCUT2D eigenvalue weighted by Gasteiger charge is -2.07. The van der Waals surface area contributed by atoms with E-state index in [1.165, 1.54) is 12.1 Å². The van der Waals surface area contributed by atoms with Crippen LogP contribution in [0.3, 0.4) is 0 Å². The highest BCUT2D eigenvalue weighted by Crippen LogP contribution is 2.31. The Morgan fingerprint density at radius 2 is 1.72 bits per heavy atom. The first-order valence-corrected chi connectivity index (χ1v) is 8.24. The van der Waals surface area contributed by atoms with Crippen LogP contribution < -0.4 is 11.1 Å². The van der Waals surface area contributed by atoms with Gasteiger partial charge in [-0.2, -0.15) is 0 Å². The molecule has 0 aliphatic rings. The zero-order chi connectivity index (χ0) is 18.1. The number of rotatable bonds is 3. The molecule has 0 fully saturated rings. The topological polar surface area (TPSA) is 85.8 Å². The van der Waals surface area contributed by atoms with Crippen molar-refractivity contribution in [2.75, 3.05) is 11.1 Å². The Bertz CT molecular complexity index is 930. The largest absolute Gasteiger partial charge is 0.396 e. The van der Waals surface area contributed by atoms with E-state index >= 15 is 0 Å². The summed E-state index contributed by atoms with van der Waals surface area (Å²) < 4.78 is 1.55. The van der Waals surface area contributed by atoms with Gasteiger partial charge in [0.25, 0.3) is 5.91 Å². The molecule has 0 aliphatic carbocycles. The van der Waals surface area contributed by atoms with E-state index in [-0.39, 0.29) is 21.6 Å². The second-order valence-corrected chi connectivity index (χ2v) is 6.43. The van der Waals surface area contributed by atoms with Crippen LogP contribution in [0.4, 0.5) is 11.4 Å². The van der Waals surface area contributed by atoms with Gasteiger partial charge >= 0.3 is 0 Å². The van der Waals surface area contributed by atoms with Crippen molar-refractivity contribution in [1.82, 2.24) is 14.8 Å². The number of benzene rings is 2. The third-order valence-corrected chi connectivity index (χ3v) is 4.26. The van der Waals surface area contributed by atoms with Crippen molar-refractivity contribution >= 4 is 52.1 Å². The maximum atomic E-state index is 12.4. The average Bonchev–Trinajstić information content (AvgIpc) is 2.95. The van der Waals surface area contributed by atoms with E-state index in [0.717, 1.165) is 5.69 Å². The number of nitrogen functional groups attached to an aromatic ring is 1. The standard InChI is InChI=1S/C16H12Cl3N5O/c1-8-21-15(23-24(8)11-4-2-9(17)3-5-11)16(25)22-10-6-12(18)14(20)13(19)7-10/h2-7H,20H2,1H3,(H,22,25). The van der Waals surface area contributed by atoms with Crippen LogP contribution in [-0.2, 0) is 0 Å². The number of nitrogens with zero attached hydrogens (tertiary/aromatic N) is 3. The van der Waals surface area contributed by atoms with Crippen molar-refractivity contribution in [3.63, 3.8) is 0 Å². The molecule has 0 spiro atoms. The molecule has 25 heavy (non-hydrogen) atoms. The number of hydrogen-bond acceptors (Lipinski definition) is 4. The molecule has 6 nitrogen and oxygen atoms in total. The van der Waals surface area contributed by atoms with Crippen LogP contribution in [0.5, 0.6) is 0 Å². The predicted octanol–water partition coefficient (Wildman–Crippen LogP) is 4.37. The van der Waals surface area contributed by atoms with Gasteiger partial charge in [0.05, 0.1) is 21.4 Å². The van der Waals surface area contributed by atoms with Gasteiger partial charge < -0.3 is 11.1 Å². The predicted molar refractivity (Wildman–Crippen MR) is 99.9 cm³/mol. The average molecular weight is 397 g/mol. The second-order valence-electron chi connectivity index (χ2n) is 5.18. The smallest absolute Gasteiger partial charge is 0.295 e. The maximum Gasteiger partial charge on any atom is 0.295 e. The summed E-state index contributed by atoms with van der Waals surface area (Å²) in [5.74, 6) is 0.0741. The molecule has 0 aliphatic heterocycles. The van der Waals surface area contributed by atoms with Crippen LogP contribution in [0.15, 0.2) is 36.4 Å². The molecule has 0 saturated heterocycles. The number of amides is 1. The zero-order valence-electron chi connectivity index (χ0n) is 12.9. The van der Waals surface area contributed by atoms with E-state index < -0.39 is 5.91 Å². The summed E-state index contributed by atoms with van der Waals surface area (Å²) in [6, 6.07) is 10.0. The first-order valence-electron chi connectivity index (χ1n) is 7.10. The number of carbonyl (C=O) groups excluding carboxylic acids is 1. The molecular formula is C16H12Cl3N5O. The second kappa shape index (κ2) is 6.92. The van der Waals surface area contributed by atoms with E-state index in [4.69, 9.17) is 40.5 Å². The third-order valence-electron chi connectivity index (χ3n) is 3.38. The number of nitrogens with one attached hydrogen (secondary N) is 1. The maximum absolute atomic E-state index is 12.4. The summed E-state index contributed by atoms with van der Waals surface area (Å²) in [4.78, 5) is 16.6. The lowest BCUT2D eigenvalue weighted by molar-refractivity contribution is 0.101. The summed E-state index contributed by atoms with van der Waals surface area (Å²) in [5.41, 5.74) is 7.07. The number of aromatic nitrogens is 3. The number of anilines is 2. The van der Waals surface area contributed by atoms with Gasteiger partial charge in [0.15, 0.2) is 0 Å². The number of nitrogens with two attached hydrogens (primary N) is 1. The molecular weight excluding hydrogens is 385 g/mol. The molecule has 3 rings (SSSR count).